The Balaban J connectivity index is 1.48. The maximum Gasteiger partial charge on any atom is 0.326 e. The summed E-state index contributed by atoms with van der Waals surface area (Å²) < 4.78 is 0. The molecule has 2 amide bonds. The molecule has 3 aromatic rings. The van der Waals surface area contributed by atoms with Gasteiger partial charge in [0.15, 0.2) is 0 Å². The molecule has 212 valence electrons. The molecule has 8 nitrogen and oxygen atoms in total. The zero-order valence-electron chi connectivity index (χ0n) is 22.2. The van der Waals surface area contributed by atoms with Gasteiger partial charge in [0.25, 0.3) is 0 Å². The molecule has 2 N–H and O–H groups in total. The van der Waals surface area contributed by atoms with Gasteiger partial charge < -0.3 is 15.3 Å². The third-order valence-electron chi connectivity index (χ3n) is 6.65. The van der Waals surface area contributed by atoms with Gasteiger partial charge in [-0.15, -0.1) is 0 Å². The Kier molecular flexibility index (Phi) is 10.8. The zero-order chi connectivity index (χ0) is 29.2. The van der Waals surface area contributed by atoms with Crippen LogP contribution >= 0.6 is 23.5 Å². The third kappa shape index (κ3) is 8.31. The van der Waals surface area contributed by atoms with Gasteiger partial charge in [-0.2, -0.15) is 0 Å². The number of carbonyl (C=O) groups excluding carboxylic acids is 4. The van der Waals surface area contributed by atoms with Crippen LogP contribution in [0.1, 0.15) is 39.1 Å². The lowest BCUT2D eigenvalue weighted by molar-refractivity contribution is -0.143. The van der Waals surface area contributed by atoms with Crippen LogP contribution in [0.5, 0.6) is 0 Å². The number of benzene rings is 3. The van der Waals surface area contributed by atoms with Crippen LogP contribution in [0.3, 0.4) is 0 Å². The van der Waals surface area contributed by atoms with Crippen LogP contribution in [0, 0.1) is 0 Å². The lowest BCUT2D eigenvalue weighted by Gasteiger charge is -2.28. The first-order chi connectivity index (χ1) is 19.8. The number of carboxylic acid groups (broad SMARTS) is 1. The van der Waals surface area contributed by atoms with E-state index in [1.807, 2.05) is 6.07 Å². The van der Waals surface area contributed by atoms with E-state index < -0.39 is 35.1 Å². The number of aliphatic carboxylic acids is 1. The molecule has 41 heavy (non-hydrogen) atoms. The first kappa shape index (κ1) is 30.1. The van der Waals surface area contributed by atoms with Crippen LogP contribution < -0.4 is 5.32 Å². The molecule has 1 heterocycles. The van der Waals surface area contributed by atoms with Crippen molar-refractivity contribution in [2.24, 2.45) is 0 Å². The second-order valence-electron chi connectivity index (χ2n) is 9.50. The summed E-state index contributed by atoms with van der Waals surface area (Å²) >= 11 is 1.78. The second kappa shape index (κ2) is 14.7. The Bertz CT molecular complexity index is 1370. The van der Waals surface area contributed by atoms with E-state index >= 15 is 0 Å². The van der Waals surface area contributed by atoms with Gasteiger partial charge in [0.1, 0.15) is 17.3 Å². The Hall–Kier alpha value is -3.89. The number of likely N-dealkylation sites (tertiary alicyclic amines) is 1. The standard InChI is InChI=1S/C31H30N2O6S2/c34-27(32-24(29(36)37)19-21-11-4-1-5-12-21)25-17-10-18-33(25)28(35)26(41-31(39)23-15-8-3-9-16-23)20-40-30(38)22-13-6-2-7-14-22/h1-9,11-16,24-26H,10,17-20H2,(H,32,34)(H,36,37)/t24?,25?,26-/m0/s1. The molecule has 1 aliphatic rings. The van der Waals surface area contributed by atoms with Gasteiger partial charge in [0, 0.05) is 29.8 Å². The maximum atomic E-state index is 13.8. The van der Waals surface area contributed by atoms with Crippen molar-refractivity contribution in [2.75, 3.05) is 12.3 Å². The molecular formula is C31H30N2O6S2. The highest BCUT2D eigenvalue weighted by atomic mass is 32.2. The van der Waals surface area contributed by atoms with Crippen molar-refractivity contribution >= 4 is 51.5 Å². The number of nitrogens with one attached hydrogen (secondary N) is 1. The van der Waals surface area contributed by atoms with Gasteiger partial charge in [0.05, 0.1) is 0 Å². The maximum absolute atomic E-state index is 13.8. The third-order valence-corrected chi connectivity index (χ3v) is 8.96. The summed E-state index contributed by atoms with van der Waals surface area (Å²) in [6.07, 6.45) is 1.03. The van der Waals surface area contributed by atoms with Gasteiger partial charge in [-0.3, -0.25) is 19.2 Å². The average molecular weight is 591 g/mol. The topological polar surface area (TPSA) is 121 Å². The molecule has 10 heteroatoms. The highest BCUT2D eigenvalue weighted by Gasteiger charge is 2.39. The molecule has 1 aliphatic heterocycles. The number of rotatable bonds is 11. The van der Waals surface area contributed by atoms with E-state index in [1.165, 1.54) is 4.90 Å². The fourth-order valence-corrected chi connectivity index (χ4v) is 6.53. The molecule has 2 unspecified atom stereocenters. The molecule has 0 spiro atoms. The predicted molar refractivity (Wildman–Crippen MR) is 160 cm³/mol. The van der Waals surface area contributed by atoms with Crippen LogP contribution in [0.2, 0.25) is 0 Å². The van der Waals surface area contributed by atoms with Crippen molar-refractivity contribution in [3.05, 3.63) is 108 Å². The summed E-state index contributed by atoms with van der Waals surface area (Å²) in [5.74, 6) is -2.12. The predicted octanol–water partition coefficient (Wildman–Crippen LogP) is 4.31. The Morgan fingerprint density at radius 1 is 0.829 bits per heavy atom. The van der Waals surface area contributed by atoms with E-state index in [0.29, 0.717) is 30.5 Å². The number of thioether (sulfide) groups is 2. The minimum absolute atomic E-state index is 0.0341. The van der Waals surface area contributed by atoms with Gasteiger partial charge in [-0.25, -0.2) is 4.79 Å². The molecule has 0 saturated carbocycles. The van der Waals surface area contributed by atoms with E-state index in [2.05, 4.69) is 5.32 Å². The molecule has 3 atom stereocenters. The summed E-state index contributed by atoms with van der Waals surface area (Å²) in [5.41, 5.74) is 1.67. The van der Waals surface area contributed by atoms with Crippen molar-refractivity contribution < 1.29 is 29.1 Å². The van der Waals surface area contributed by atoms with Gasteiger partial charge in [-0.1, -0.05) is 115 Å². The van der Waals surface area contributed by atoms with Gasteiger partial charge in [0.2, 0.25) is 22.0 Å². The number of carbonyl (C=O) groups is 5. The minimum atomic E-state index is -1.17. The summed E-state index contributed by atoms with van der Waals surface area (Å²) in [7, 11) is 0. The number of amides is 2. The summed E-state index contributed by atoms with van der Waals surface area (Å²) in [6, 6.07) is 24.2. The Morgan fingerprint density at radius 3 is 1.98 bits per heavy atom. The monoisotopic (exact) mass is 590 g/mol. The van der Waals surface area contributed by atoms with E-state index in [0.717, 1.165) is 29.1 Å². The lowest BCUT2D eigenvalue weighted by Crippen LogP contribution is -2.53. The number of hydrogen-bond acceptors (Lipinski definition) is 7. The van der Waals surface area contributed by atoms with Crippen molar-refractivity contribution in [3.63, 3.8) is 0 Å². The normalized spacial score (nSPS) is 16.0. The van der Waals surface area contributed by atoms with Crippen LogP contribution in [0.4, 0.5) is 0 Å². The number of hydrogen-bond donors (Lipinski definition) is 2. The van der Waals surface area contributed by atoms with E-state index in [4.69, 9.17) is 0 Å². The highest BCUT2D eigenvalue weighted by molar-refractivity contribution is 8.18. The SMILES string of the molecule is O=C(SC[C@H](SC(=O)c1ccccc1)C(=O)N1CCCC1C(=O)NC(Cc1ccccc1)C(=O)O)c1ccccc1. The smallest absolute Gasteiger partial charge is 0.326 e. The fourth-order valence-electron chi connectivity index (χ4n) is 4.54. The highest BCUT2D eigenvalue weighted by Crippen LogP contribution is 2.28. The number of nitrogens with zero attached hydrogens (tertiary/aromatic N) is 1. The average Bonchev–Trinajstić information content (AvgIpc) is 3.50. The van der Waals surface area contributed by atoms with Crippen molar-refractivity contribution in [1.82, 2.24) is 10.2 Å². The largest absolute Gasteiger partial charge is 0.480 e. The molecule has 0 aromatic heterocycles. The Morgan fingerprint density at radius 2 is 1.39 bits per heavy atom. The van der Waals surface area contributed by atoms with Gasteiger partial charge >= 0.3 is 5.97 Å². The first-order valence-corrected chi connectivity index (χ1v) is 15.1. The molecule has 1 fully saturated rings. The fraction of sp³-hybridized carbons (Fsp3) is 0.258. The van der Waals surface area contributed by atoms with E-state index in [1.54, 1.807) is 84.9 Å². The lowest BCUT2D eigenvalue weighted by atomic mass is 10.1. The van der Waals surface area contributed by atoms with Gasteiger partial charge in [-0.05, 0) is 18.4 Å². The Labute approximate surface area is 246 Å². The second-order valence-corrected chi connectivity index (χ2v) is 11.7. The molecular weight excluding hydrogens is 560 g/mol. The van der Waals surface area contributed by atoms with Crippen molar-refractivity contribution in [1.29, 1.82) is 0 Å². The van der Waals surface area contributed by atoms with E-state index in [-0.39, 0.29) is 22.4 Å². The van der Waals surface area contributed by atoms with Crippen LogP contribution in [-0.2, 0) is 20.8 Å². The van der Waals surface area contributed by atoms with Crippen LogP contribution in [-0.4, -0.2) is 67.7 Å². The molecule has 0 radical (unpaired) electrons. The molecule has 0 aliphatic carbocycles. The summed E-state index contributed by atoms with van der Waals surface area (Å²) in [5, 5.41) is 10.9. The zero-order valence-corrected chi connectivity index (χ0v) is 23.8. The first-order valence-electron chi connectivity index (χ1n) is 13.2. The minimum Gasteiger partial charge on any atom is -0.480 e. The summed E-state index contributed by atoms with van der Waals surface area (Å²) in [4.78, 5) is 66.3. The number of carboxylic acids is 1. The summed E-state index contributed by atoms with van der Waals surface area (Å²) in [6.45, 7) is 0.293. The van der Waals surface area contributed by atoms with E-state index in [9.17, 15) is 29.1 Å². The molecule has 0 bridgehead atoms. The van der Waals surface area contributed by atoms with Crippen LogP contribution in [0.15, 0.2) is 91.0 Å². The van der Waals surface area contributed by atoms with Crippen molar-refractivity contribution in [2.45, 2.75) is 36.6 Å². The molecule has 3 aromatic carbocycles. The molecule has 1 saturated heterocycles. The van der Waals surface area contributed by atoms with Crippen molar-refractivity contribution in [3.8, 4) is 0 Å². The quantitative estimate of drug-likeness (QED) is 0.339. The molecule has 4 rings (SSSR count). The van der Waals surface area contributed by atoms with Crippen LogP contribution in [0.25, 0.3) is 0 Å².